The van der Waals surface area contributed by atoms with Crippen LogP contribution >= 0.6 is 11.8 Å². The molecule has 0 saturated heterocycles. The molecular weight excluding hydrogens is 204 g/mol. The van der Waals surface area contributed by atoms with Gasteiger partial charge in [0.05, 0.1) is 11.6 Å². The fourth-order valence-electron chi connectivity index (χ4n) is 1.11. The van der Waals surface area contributed by atoms with Crippen molar-refractivity contribution in [3.63, 3.8) is 0 Å². The number of nitrogen functional groups attached to an aromatic ring is 1. The van der Waals surface area contributed by atoms with Crippen LogP contribution in [-0.2, 0) is 0 Å². The molecule has 0 amide bonds. The van der Waals surface area contributed by atoms with E-state index >= 15 is 0 Å². The molecule has 0 fully saturated rings. The number of nitriles is 1. The number of thioether (sulfide) groups is 1. The molecule has 78 valence electrons. The highest BCUT2D eigenvalue weighted by atomic mass is 32.2. The van der Waals surface area contributed by atoms with Gasteiger partial charge in [0.15, 0.2) is 0 Å². The third-order valence-corrected chi connectivity index (χ3v) is 3.10. The van der Waals surface area contributed by atoms with Crippen molar-refractivity contribution < 1.29 is 0 Å². The molecule has 0 atom stereocenters. The van der Waals surface area contributed by atoms with Crippen LogP contribution in [0.4, 0.5) is 5.69 Å². The van der Waals surface area contributed by atoms with Crippen molar-refractivity contribution in [2.24, 2.45) is 0 Å². The van der Waals surface area contributed by atoms with Crippen LogP contribution in [0.5, 0.6) is 0 Å². The molecule has 0 aliphatic heterocycles. The van der Waals surface area contributed by atoms with Crippen LogP contribution in [0, 0.1) is 18.3 Å². The summed E-state index contributed by atoms with van der Waals surface area (Å²) in [4.78, 5) is 0.943. The van der Waals surface area contributed by atoms with Gasteiger partial charge in [-0.25, -0.2) is 0 Å². The number of benzene rings is 1. The van der Waals surface area contributed by atoms with Gasteiger partial charge in [0.25, 0.3) is 0 Å². The van der Waals surface area contributed by atoms with Crippen LogP contribution in [-0.4, -0.2) is 0 Å². The summed E-state index contributed by atoms with van der Waals surface area (Å²) in [6, 6.07) is 5.85. The van der Waals surface area contributed by atoms with Gasteiger partial charge in [-0.2, -0.15) is 5.26 Å². The molecule has 0 unspecified atom stereocenters. The summed E-state index contributed by atoms with van der Waals surface area (Å²) in [5.41, 5.74) is 9.44. The van der Waals surface area contributed by atoms with Crippen molar-refractivity contribution in [1.29, 1.82) is 5.26 Å². The third kappa shape index (κ3) is 3.03. The maximum atomic E-state index is 8.90. The second-order valence-electron chi connectivity index (χ2n) is 3.63. The zero-order chi connectivity index (χ0) is 11.4. The highest BCUT2D eigenvalue weighted by molar-refractivity contribution is 8.02. The zero-order valence-corrected chi connectivity index (χ0v) is 9.98. The lowest BCUT2D eigenvalue weighted by atomic mass is 10.1. The lowest BCUT2D eigenvalue weighted by Crippen LogP contribution is -1.92. The van der Waals surface area contributed by atoms with Gasteiger partial charge in [-0.05, 0) is 43.9 Å². The van der Waals surface area contributed by atoms with Crippen molar-refractivity contribution >= 4 is 17.4 Å². The Kier molecular flexibility index (Phi) is 3.81. The summed E-state index contributed by atoms with van der Waals surface area (Å²) in [5.74, 6) is 0. The van der Waals surface area contributed by atoms with Crippen molar-refractivity contribution in [3.8, 4) is 6.07 Å². The Morgan fingerprint density at radius 1 is 1.47 bits per heavy atom. The fraction of sp³-hybridized carbons (Fsp3) is 0.250. The van der Waals surface area contributed by atoms with Gasteiger partial charge in [0, 0.05) is 10.6 Å². The van der Waals surface area contributed by atoms with Gasteiger partial charge < -0.3 is 5.73 Å². The first-order valence-corrected chi connectivity index (χ1v) is 5.53. The minimum absolute atomic E-state index is 0.689. The maximum Gasteiger partial charge on any atom is 0.0994 e. The van der Waals surface area contributed by atoms with Crippen LogP contribution < -0.4 is 5.73 Å². The molecule has 1 aromatic rings. The molecule has 1 aromatic carbocycles. The molecule has 0 aromatic heterocycles. The number of aryl methyl sites for hydroxylation is 1. The number of nitrogens with two attached hydrogens (primary N) is 1. The molecule has 0 aliphatic rings. The summed E-state index contributed by atoms with van der Waals surface area (Å²) >= 11 is 1.56. The predicted octanol–water partition coefficient (Wildman–Crippen LogP) is 3.46. The number of anilines is 1. The maximum absolute atomic E-state index is 8.90. The standard InChI is InChI=1S/C12H14N2S/c1-8(2)7-15-12-5-10(6-13)9(3)4-11(12)14/h4-5,7H,14H2,1-3H3. The van der Waals surface area contributed by atoms with Crippen LogP contribution in [0.3, 0.4) is 0 Å². The van der Waals surface area contributed by atoms with E-state index < -0.39 is 0 Å². The molecule has 2 N–H and O–H groups in total. The molecule has 0 aliphatic carbocycles. The zero-order valence-electron chi connectivity index (χ0n) is 9.16. The van der Waals surface area contributed by atoms with Gasteiger partial charge in [-0.3, -0.25) is 0 Å². The quantitative estimate of drug-likeness (QED) is 0.611. The second kappa shape index (κ2) is 4.90. The lowest BCUT2D eigenvalue weighted by Gasteiger charge is -2.05. The number of hydrogen-bond donors (Lipinski definition) is 1. The van der Waals surface area contributed by atoms with Gasteiger partial charge in [0.2, 0.25) is 0 Å². The van der Waals surface area contributed by atoms with Crippen LogP contribution in [0.25, 0.3) is 0 Å². The number of rotatable bonds is 2. The molecule has 0 spiro atoms. The van der Waals surface area contributed by atoms with E-state index in [1.54, 1.807) is 11.8 Å². The minimum Gasteiger partial charge on any atom is -0.398 e. The van der Waals surface area contributed by atoms with E-state index in [2.05, 4.69) is 6.07 Å². The molecule has 1 rings (SSSR count). The smallest absolute Gasteiger partial charge is 0.0994 e. The van der Waals surface area contributed by atoms with E-state index in [1.807, 2.05) is 38.3 Å². The molecule has 0 bridgehead atoms. The van der Waals surface area contributed by atoms with E-state index in [1.165, 1.54) is 5.57 Å². The van der Waals surface area contributed by atoms with Gasteiger partial charge >= 0.3 is 0 Å². The van der Waals surface area contributed by atoms with E-state index in [0.717, 1.165) is 16.1 Å². The first-order valence-electron chi connectivity index (χ1n) is 4.65. The van der Waals surface area contributed by atoms with Crippen molar-refractivity contribution in [2.75, 3.05) is 5.73 Å². The molecule has 3 heteroatoms. The van der Waals surface area contributed by atoms with Crippen LogP contribution in [0.1, 0.15) is 25.0 Å². The first-order chi connectivity index (χ1) is 7.04. The molecule has 0 heterocycles. The number of nitrogens with zero attached hydrogens (tertiary/aromatic N) is 1. The fourth-order valence-corrected chi connectivity index (χ4v) is 1.86. The van der Waals surface area contributed by atoms with Gasteiger partial charge in [-0.1, -0.05) is 17.3 Å². The van der Waals surface area contributed by atoms with E-state index in [-0.39, 0.29) is 0 Å². The van der Waals surface area contributed by atoms with Crippen molar-refractivity contribution in [2.45, 2.75) is 25.7 Å². The SMILES string of the molecule is CC(C)=CSc1cc(C#N)c(C)cc1N. The summed E-state index contributed by atoms with van der Waals surface area (Å²) in [5, 5.41) is 10.9. The Morgan fingerprint density at radius 2 is 2.13 bits per heavy atom. The van der Waals surface area contributed by atoms with E-state index in [9.17, 15) is 0 Å². The summed E-state index contributed by atoms with van der Waals surface area (Å²) < 4.78 is 0. The summed E-state index contributed by atoms with van der Waals surface area (Å²) in [6.07, 6.45) is 0. The van der Waals surface area contributed by atoms with Gasteiger partial charge in [0.1, 0.15) is 0 Å². The predicted molar refractivity (Wildman–Crippen MR) is 65.6 cm³/mol. The topological polar surface area (TPSA) is 49.8 Å². The minimum atomic E-state index is 0.689. The average Bonchev–Trinajstić information content (AvgIpc) is 2.16. The first kappa shape index (κ1) is 11.7. The van der Waals surface area contributed by atoms with E-state index in [0.29, 0.717) is 5.56 Å². The largest absolute Gasteiger partial charge is 0.398 e. The Bertz CT molecular complexity index is 438. The molecule has 2 nitrogen and oxygen atoms in total. The highest BCUT2D eigenvalue weighted by Crippen LogP contribution is 2.29. The highest BCUT2D eigenvalue weighted by Gasteiger charge is 2.04. The van der Waals surface area contributed by atoms with Crippen molar-refractivity contribution in [3.05, 3.63) is 34.2 Å². The molecule has 0 radical (unpaired) electrons. The lowest BCUT2D eigenvalue weighted by molar-refractivity contribution is 1.33. The molecule has 15 heavy (non-hydrogen) atoms. The monoisotopic (exact) mass is 218 g/mol. The number of hydrogen-bond acceptors (Lipinski definition) is 3. The Hall–Kier alpha value is -1.40. The molecule has 0 saturated carbocycles. The van der Waals surface area contributed by atoms with E-state index in [4.69, 9.17) is 11.0 Å². The second-order valence-corrected chi connectivity index (χ2v) is 4.54. The summed E-state index contributed by atoms with van der Waals surface area (Å²) in [7, 11) is 0. The van der Waals surface area contributed by atoms with Crippen molar-refractivity contribution in [1.82, 2.24) is 0 Å². The third-order valence-electron chi connectivity index (χ3n) is 1.90. The Labute approximate surface area is 94.8 Å². The van der Waals surface area contributed by atoms with Crippen LogP contribution in [0.15, 0.2) is 28.0 Å². The normalized spacial score (nSPS) is 9.47. The number of allylic oxidation sites excluding steroid dienone is 1. The van der Waals surface area contributed by atoms with Gasteiger partial charge in [-0.15, -0.1) is 0 Å². The molecular formula is C12H14N2S. The van der Waals surface area contributed by atoms with Crippen LogP contribution in [0.2, 0.25) is 0 Å². The average molecular weight is 218 g/mol. The Balaban J connectivity index is 3.09. The Morgan fingerprint density at radius 3 is 2.67 bits per heavy atom. The summed E-state index contributed by atoms with van der Waals surface area (Å²) in [6.45, 7) is 5.95.